The molecular weight excluding hydrogens is 384 g/mol. The monoisotopic (exact) mass is 403 g/mol. The van der Waals surface area contributed by atoms with Gasteiger partial charge in [0.1, 0.15) is 16.6 Å². The first kappa shape index (κ1) is 20.0. The molecule has 1 amide bonds. The lowest BCUT2D eigenvalue weighted by molar-refractivity contribution is -0.118. The molecule has 3 rings (SSSR count). The number of halogens is 2. The van der Waals surface area contributed by atoms with Crippen molar-refractivity contribution in [2.75, 3.05) is 12.3 Å². The zero-order chi connectivity index (χ0) is 19.9. The number of para-hydroxylation sites is 1. The second kappa shape index (κ2) is 9.45. The van der Waals surface area contributed by atoms with E-state index < -0.39 is 6.61 Å². The molecule has 0 saturated carbocycles. The summed E-state index contributed by atoms with van der Waals surface area (Å²) in [4.78, 5) is 21.0. The standard InChI is InChI=1S/C20H19F2N3O2S/c1-13-24-17-5-3-2-4-16(17)19(25-13)28-12-18(26)23-11-10-14-6-8-15(9-7-14)27-20(21)22/h2-9,20H,10-12H2,1H3,(H,23,26). The summed E-state index contributed by atoms with van der Waals surface area (Å²) in [6, 6.07) is 14.1. The van der Waals surface area contributed by atoms with Gasteiger partial charge in [-0.15, -0.1) is 0 Å². The molecule has 0 aliphatic heterocycles. The highest BCUT2D eigenvalue weighted by atomic mass is 32.2. The van der Waals surface area contributed by atoms with Gasteiger partial charge in [-0.05, 0) is 37.1 Å². The molecule has 0 bridgehead atoms. The number of alkyl halides is 2. The average Bonchev–Trinajstić information content (AvgIpc) is 2.67. The molecule has 5 nitrogen and oxygen atoms in total. The SMILES string of the molecule is Cc1nc(SCC(=O)NCCc2ccc(OC(F)F)cc2)c2ccccc2n1. The number of nitrogens with one attached hydrogen (secondary N) is 1. The van der Waals surface area contributed by atoms with Crippen molar-refractivity contribution in [3.63, 3.8) is 0 Å². The van der Waals surface area contributed by atoms with Crippen LogP contribution in [0.2, 0.25) is 0 Å². The van der Waals surface area contributed by atoms with Gasteiger partial charge in [-0.25, -0.2) is 9.97 Å². The second-order valence-corrected chi connectivity index (χ2v) is 6.97. The minimum absolute atomic E-state index is 0.0944. The van der Waals surface area contributed by atoms with Crippen molar-refractivity contribution in [1.29, 1.82) is 0 Å². The van der Waals surface area contributed by atoms with Gasteiger partial charge in [0.15, 0.2) is 0 Å². The molecule has 0 atom stereocenters. The molecule has 1 heterocycles. The van der Waals surface area contributed by atoms with E-state index in [4.69, 9.17) is 0 Å². The zero-order valence-electron chi connectivity index (χ0n) is 15.2. The maximum Gasteiger partial charge on any atom is 0.387 e. The van der Waals surface area contributed by atoms with Gasteiger partial charge in [-0.3, -0.25) is 4.79 Å². The number of nitrogens with zero attached hydrogens (tertiary/aromatic N) is 2. The summed E-state index contributed by atoms with van der Waals surface area (Å²) in [5.74, 6) is 0.942. The predicted octanol–water partition coefficient (Wildman–Crippen LogP) is 3.99. The van der Waals surface area contributed by atoms with E-state index in [1.807, 2.05) is 31.2 Å². The molecule has 0 saturated heterocycles. The molecule has 8 heteroatoms. The van der Waals surface area contributed by atoms with Crippen LogP contribution in [0.3, 0.4) is 0 Å². The number of aryl methyl sites for hydroxylation is 1. The molecule has 0 spiro atoms. The van der Waals surface area contributed by atoms with Crippen LogP contribution in [0.4, 0.5) is 8.78 Å². The van der Waals surface area contributed by atoms with Crippen LogP contribution in [0.15, 0.2) is 53.6 Å². The Morgan fingerprint density at radius 3 is 2.64 bits per heavy atom. The summed E-state index contributed by atoms with van der Waals surface area (Å²) in [6.45, 7) is -0.551. The Hall–Kier alpha value is -2.74. The number of carbonyl (C=O) groups excluding carboxylic acids is 1. The number of benzene rings is 2. The van der Waals surface area contributed by atoms with Crippen molar-refractivity contribution in [2.24, 2.45) is 0 Å². The molecule has 1 aromatic heterocycles. The van der Waals surface area contributed by atoms with Crippen molar-refractivity contribution in [3.8, 4) is 5.75 Å². The largest absolute Gasteiger partial charge is 0.435 e. The summed E-state index contributed by atoms with van der Waals surface area (Å²) >= 11 is 1.38. The molecule has 146 valence electrons. The molecule has 0 aliphatic rings. The molecule has 0 aliphatic carbocycles. The molecule has 0 unspecified atom stereocenters. The lowest BCUT2D eigenvalue weighted by atomic mass is 10.1. The second-order valence-electron chi connectivity index (χ2n) is 6.00. The Bertz CT molecular complexity index is 952. The Morgan fingerprint density at radius 1 is 1.14 bits per heavy atom. The van der Waals surface area contributed by atoms with Gasteiger partial charge in [-0.1, -0.05) is 42.1 Å². The van der Waals surface area contributed by atoms with E-state index in [2.05, 4.69) is 20.0 Å². The lowest BCUT2D eigenvalue weighted by Crippen LogP contribution is -2.27. The van der Waals surface area contributed by atoms with Crippen LogP contribution in [-0.2, 0) is 11.2 Å². The fourth-order valence-electron chi connectivity index (χ4n) is 2.64. The summed E-state index contributed by atoms with van der Waals surface area (Å²) in [5.41, 5.74) is 1.78. The number of aromatic nitrogens is 2. The van der Waals surface area contributed by atoms with E-state index in [9.17, 15) is 13.6 Å². The Balaban J connectivity index is 1.48. The quantitative estimate of drug-likeness (QED) is 0.455. The van der Waals surface area contributed by atoms with E-state index in [1.54, 1.807) is 12.1 Å². The molecule has 2 aromatic carbocycles. The number of carbonyl (C=O) groups is 1. The number of fused-ring (bicyclic) bond motifs is 1. The molecule has 3 aromatic rings. The van der Waals surface area contributed by atoms with Crippen LogP contribution >= 0.6 is 11.8 Å². The highest BCUT2D eigenvalue weighted by molar-refractivity contribution is 8.00. The smallest absolute Gasteiger partial charge is 0.387 e. The van der Waals surface area contributed by atoms with E-state index >= 15 is 0 Å². The molecule has 0 fully saturated rings. The number of thioether (sulfide) groups is 1. The number of hydrogen-bond acceptors (Lipinski definition) is 5. The van der Waals surface area contributed by atoms with Crippen LogP contribution in [0.1, 0.15) is 11.4 Å². The number of hydrogen-bond donors (Lipinski definition) is 1. The number of ether oxygens (including phenoxy) is 1. The minimum Gasteiger partial charge on any atom is -0.435 e. The predicted molar refractivity (Wildman–Crippen MR) is 105 cm³/mol. The van der Waals surface area contributed by atoms with Crippen LogP contribution in [0, 0.1) is 6.92 Å². The van der Waals surface area contributed by atoms with Gasteiger partial charge in [0.25, 0.3) is 0 Å². The van der Waals surface area contributed by atoms with Crippen molar-refractivity contribution in [3.05, 3.63) is 59.9 Å². The highest BCUT2D eigenvalue weighted by Crippen LogP contribution is 2.24. The highest BCUT2D eigenvalue weighted by Gasteiger charge is 2.09. The summed E-state index contributed by atoms with van der Waals surface area (Å²) in [7, 11) is 0. The lowest BCUT2D eigenvalue weighted by Gasteiger charge is -2.08. The topological polar surface area (TPSA) is 64.1 Å². The van der Waals surface area contributed by atoms with Crippen LogP contribution < -0.4 is 10.1 Å². The number of rotatable bonds is 8. The van der Waals surface area contributed by atoms with Crippen molar-refractivity contribution >= 4 is 28.6 Å². The van der Waals surface area contributed by atoms with E-state index in [1.165, 1.54) is 23.9 Å². The first-order valence-electron chi connectivity index (χ1n) is 8.68. The molecule has 28 heavy (non-hydrogen) atoms. The third kappa shape index (κ3) is 5.63. The van der Waals surface area contributed by atoms with Gasteiger partial charge in [0.2, 0.25) is 5.91 Å². The fourth-order valence-corrected chi connectivity index (χ4v) is 3.53. The van der Waals surface area contributed by atoms with Gasteiger partial charge < -0.3 is 10.1 Å². The first-order chi connectivity index (χ1) is 13.5. The van der Waals surface area contributed by atoms with Crippen LogP contribution in [-0.4, -0.2) is 34.8 Å². The van der Waals surface area contributed by atoms with Gasteiger partial charge in [0, 0.05) is 11.9 Å². The molecule has 1 N–H and O–H groups in total. The Labute approximate surface area is 165 Å². The fraction of sp³-hybridized carbons (Fsp3) is 0.250. The van der Waals surface area contributed by atoms with Crippen LogP contribution in [0.25, 0.3) is 10.9 Å². The molecule has 0 radical (unpaired) electrons. The minimum atomic E-state index is -2.83. The summed E-state index contributed by atoms with van der Waals surface area (Å²) in [5, 5.41) is 4.57. The number of amides is 1. The van der Waals surface area contributed by atoms with Crippen molar-refractivity contribution < 1.29 is 18.3 Å². The van der Waals surface area contributed by atoms with E-state index in [0.717, 1.165) is 21.5 Å². The first-order valence-corrected chi connectivity index (χ1v) is 9.66. The Morgan fingerprint density at radius 2 is 1.89 bits per heavy atom. The third-order valence-corrected chi connectivity index (χ3v) is 4.90. The molecular formula is C20H19F2N3O2S. The summed E-state index contributed by atoms with van der Waals surface area (Å²) in [6.07, 6.45) is 0.598. The normalized spacial score (nSPS) is 11.0. The van der Waals surface area contributed by atoms with E-state index in [-0.39, 0.29) is 17.4 Å². The van der Waals surface area contributed by atoms with Gasteiger partial charge in [-0.2, -0.15) is 8.78 Å². The zero-order valence-corrected chi connectivity index (χ0v) is 16.0. The van der Waals surface area contributed by atoms with Gasteiger partial charge in [0.05, 0.1) is 11.3 Å². The van der Waals surface area contributed by atoms with Crippen molar-refractivity contribution in [1.82, 2.24) is 15.3 Å². The third-order valence-electron chi connectivity index (χ3n) is 3.90. The maximum absolute atomic E-state index is 12.1. The summed E-state index contributed by atoms with van der Waals surface area (Å²) < 4.78 is 28.6. The average molecular weight is 403 g/mol. The maximum atomic E-state index is 12.1. The van der Waals surface area contributed by atoms with Gasteiger partial charge >= 0.3 is 6.61 Å². The Kier molecular flexibility index (Phi) is 6.76. The van der Waals surface area contributed by atoms with E-state index in [0.29, 0.717) is 18.8 Å². The van der Waals surface area contributed by atoms with Crippen LogP contribution in [0.5, 0.6) is 5.75 Å². The van der Waals surface area contributed by atoms with Crippen molar-refractivity contribution in [2.45, 2.75) is 25.0 Å².